The van der Waals surface area contributed by atoms with Gasteiger partial charge in [-0.3, -0.25) is 0 Å². The number of hydrogen-bond acceptors (Lipinski definition) is 2. The molecule has 1 unspecified atom stereocenters. The molecular weight excluding hydrogens is 221 g/mol. The maximum Gasteiger partial charge on any atom is 0.146 e. The molecule has 2 fully saturated rings. The average molecular weight is 237 g/mol. The predicted molar refractivity (Wildman–Crippen MR) is 66.3 cm³/mol. The fourth-order valence-corrected chi connectivity index (χ4v) is 3.70. The van der Waals surface area contributed by atoms with Crippen molar-refractivity contribution in [2.45, 2.75) is 30.5 Å². The molecule has 0 aromatic heterocycles. The van der Waals surface area contributed by atoms with Gasteiger partial charge in [-0.2, -0.15) is 11.8 Å². The summed E-state index contributed by atoms with van der Waals surface area (Å²) in [5.74, 6) is 1.50. The summed E-state index contributed by atoms with van der Waals surface area (Å²) in [4.78, 5) is 0. The molecule has 86 valence electrons. The third-order valence-corrected chi connectivity index (χ3v) is 4.86. The minimum atomic E-state index is -1.14. The highest BCUT2D eigenvalue weighted by molar-refractivity contribution is 7.99. The van der Waals surface area contributed by atoms with E-state index in [2.05, 4.69) is 0 Å². The summed E-state index contributed by atoms with van der Waals surface area (Å²) in [5, 5.41) is 0. The fourth-order valence-electron chi connectivity index (χ4n) is 2.46. The number of thioether (sulfide) groups is 1. The van der Waals surface area contributed by atoms with Gasteiger partial charge < -0.3 is 5.73 Å². The van der Waals surface area contributed by atoms with Crippen molar-refractivity contribution in [1.82, 2.24) is 0 Å². The van der Waals surface area contributed by atoms with E-state index in [0.717, 1.165) is 29.7 Å². The highest BCUT2D eigenvalue weighted by Gasteiger charge is 2.46. The quantitative estimate of drug-likeness (QED) is 0.856. The number of nitrogens with two attached hydrogens (primary N) is 1. The van der Waals surface area contributed by atoms with Crippen LogP contribution in [-0.2, 0) is 11.2 Å². The number of rotatable bonds is 2. The van der Waals surface area contributed by atoms with E-state index in [1.807, 2.05) is 24.3 Å². The third kappa shape index (κ3) is 1.57. The molecule has 0 bridgehead atoms. The molecule has 1 nitrogen and oxygen atoms in total. The first-order valence-corrected chi connectivity index (χ1v) is 6.95. The van der Waals surface area contributed by atoms with Gasteiger partial charge in [-0.25, -0.2) is 4.39 Å². The van der Waals surface area contributed by atoms with Crippen LogP contribution in [0.1, 0.15) is 30.4 Å². The van der Waals surface area contributed by atoms with Crippen LogP contribution in [0.15, 0.2) is 24.3 Å². The molecule has 1 saturated heterocycles. The first kappa shape index (κ1) is 10.6. The standard InChI is InChI=1S/C13H16FNS/c14-12(7-8-16-9-12)10-3-1-2-4-11(10)13(15)5-6-13/h1-4H,5-9,15H2. The van der Waals surface area contributed by atoms with E-state index in [4.69, 9.17) is 5.73 Å². The van der Waals surface area contributed by atoms with Crippen LogP contribution in [0.4, 0.5) is 4.39 Å². The van der Waals surface area contributed by atoms with Crippen molar-refractivity contribution in [3.63, 3.8) is 0 Å². The second kappa shape index (κ2) is 3.47. The zero-order chi connectivity index (χ0) is 11.2. The van der Waals surface area contributed by atoms with Crippen LogP contribution in [0.2, 0.25) is 0 Å². The molecule has 0 spiro atoms. The number of halogens is 1. The van der Waals surface area contributed by atoms with E-state index in [0.29, 0.717) is 12.2 Å². The summed E-state index contributed by atoms with van der Waals surface area (Å²) in [6.45, 7) is 0. The minimum Gasteiger partial charge on any atom is -0.321 e. The van der Waals surface area contributed by atoms with E-state index >= 15 is 0 Å². The average Bonchev–Trinajstić information content (AvgIpc) is 2.89. The largest absolute Gasteiger partial charge is 0.321 e. The minimum absolute atomic E-state index is 0.233. The van der Waals surface area contributed by atoms with Gasteiger partial charge in [0.25, 0.3) is 0 Å². The van der Waals surface area contributed by atoms with Crippen LogP contribution in [0.3, 0.4) is 0 Å². The van der Waals surface area contributed by atoms with E-state index < -0.39 is 5.67 Å². The normalized spacial score (nSPS) is 31.6. The molecule has 0 amide bonds. The molecule has 3 heteroatoms. The van der Waals surface area contributed by atoms with Gasteiger partial charge in [0.2, 0.25) is 0 Å². The maximum atomic E-state index is 14.8. The highest BCUT2D eigenvalue weighted by atomic mass is 32.2. The maximum absolute atomic E-state index is 14.8. The Morgan fingerprint density at radius 2 is 1.81 bits per heavy atom. The van der Waals surface area contributed by atoms with Crippen LogP contribution in [0.25, 0.3) is 0 Å². The molecule has 1 heterocycles. The van der Waals surface area contributed by atoms with Gasteiger partial charge in [-0.15, -0.1) is 0 Å². The Kier molecular flexibility index (Phi) is 2.30. The second-order valence-electron chi connectivity index (χ2n) is 4.97. The molecule has 2 aliphatic rings. The lowest BCUT2D eigenvalue weighted by Gasteiger charge is -2.24. The Hall–Kier alpha value is -0.540. The summed E-state index contributed by atoms with van der Waals surface area (Å²) in [6, 6.07) is 7.83. The van der Waals surface area contributed by atoms with E-state index in [-0.39, 0.29) is 5.54 Å². The molecule has 3 rings (SSSR count). The van der Waals surface area contributed by atoms with E-state index in [9.17, 15) is 4.39 Å². The van der Waals surface area contributed by atoms with E-state index in [1.165, 1.54) is 0 Å². The van der Waals surface area contributed by atoms with Crippen LogP contribution in [0, 0.1) is 0 Å². The van der Waals surface area contributed by atoms with Gasteiger partial charge in [0.15, 0.2) is 0 Å². The summed E-state index contributed by atoms with van der Waals surface area (Å²) >= 11 is 1.70. The first-order valence-electron chi connectivity index (χ1n) is 5.80. The van der Waals surface area contributed by atoms with Crippen LogP contribution >= 0.6 is 11.8 Å². The first-order chi connectivity index (χ1) is 7.64. The molecule has 1 aliphatic carbocycles. The Balaban J connectivity index is 2.06. The molecule has 1 aromatic rings. The van der Waals surface area contributed by atoms with Gasteiger partial charge in [-0.1, -0.05) is 24.3 Å². The lowest BCUT2D eigenvalue weighted by atomic mass is 9.87. The molecule has 1 aromatic carbocycles. The summed E-state index contributed by atoms with van der Waals surface area (Å²) < 4.78 is 14.8. The monoisotopic (exact) mass is 237 g/mol. The van der Waals surface area contributed by atoms with Gasteiger partial charge in [0.05, 0.1) is 0 Å². The van der Waals surface area contributed by atoms with Crippen molar-refractivity contribution in [2.24, 2.45) is 5.73 Å². The third-order valence-electron chi connectivity index (χ3n) is 3.71. The number of alkyl halides is 1. The lowest BCUT2D eigenvalue weighted by Crippen LogP contribution is -2.27. The molecule has 1 saturated carbocycles. The zero-order valence-corrected chi connectivity index (χ0v) is 10.0. The fraction of sp³-hybridized carbons (Fsp3) is 0.538. The smallest absolute Gasteiger partial charge is 0.146 e. The van der Waals surface area contributed by atoms with Crippen molar-refractivity contribution in [3.05, 3.63) is 35.4 Å². The van der Waals surface area contributed by atoms with E-state index in [1.54, 1.807) is 11.8 Å². The van der Waals surface area contributed by atoms with Crippen molar-refractivity contribution in [2.75, 3.05) is 11.5 Å². The molecule has 16 heavy (non-hydrogen) atoms. The van der Waals surface area contributed by atoms with Gasteiger partial charge in [-0.05, 0) is 36.1 Å². The zero-order valence-electron chi connectivity index (χ0n) is 9.21. The highest BCUT2D eigenvalue weighted by Crippen LogP contribution is 2.49. The topological polar surface area (TPSA) is 26.0 Å². The number of hydrogen-bond donors (Lipinski definition) is 1. The van der Waals surface area contributed by atoms with Crippen molar-refractivity contribution in [1.29, 1.82) is 0 Å². The summed E-state index contributed by atoms with van der Waals surface area (Å²) in [5.41, 5.74) is 6.73. The molecule has 2 N–H and O–H groups in total. The Bertz CT molecular complexity index is 408. The predicted octanol–water partition coefficient (Wildman–Crippen LogP) is 2.94. The van der Waals surface area contributed by atoms with Crippen LogP contribution in [0.5, 0.6) is 0 Å². The number of benzene rings is 1. The molecule has 0 radical (unpaired) electrons. The van der Waals surface area contributed by atoms with Crippen LogP contribution < -0.4 is 5.73 Å². The molecular formula is C13H16FNS. The Labute approximate surface area is 99.6 Å². The lowest BCUT2D eigenvalue weighted by molar-refractivity contribution is 0.200. The SMILES string of the molecule is NC1(c2ccccc2C2(F)CCSC2)CC1. The Morgan fingerprint density at radius 1 is 1.12 bits per heavy atom. The Morgan fingerprint density at radius 3 is 2.38 bits per heavy atom. The second-order valence-corrected chi connectivity index (χ2v) is 6.07. The van der Waals surface area contributed by atoms with Crippen LogP contribution in [-0.4, -0.2) is 11.5 Å². The summed E-state index contributed by atoms with van der Waals surface area (Å²) in [7, 11) is 0. The summed E-state index contributed by atoms with van der Waals surface area (Å²) in [6.07, 6.45) is 2.62. The molecule has 1 aliphatic heterocycles. The van der Waals surface area contributed by atoms with Gasteiger partial charge >= 0.3 is 0 Å². The van der Waals surface area contributed by atoms with Crippen molar-refractivity contribution in [3.8, 4) is 0 Å². The van der Waals surface area contributed by atoms with Crippen molar-refractivity contribution < 1.29 is 4.39 Å². The van der Waals surface area contributed by atoms with Gasteiger partial charge in [0, 0.05) is 11.3 Å². The van der Waals surface area contributed by atoms with Crippen molar-refractivity contribution >= 4 is 11.8 Å². The van der Waals surface area contributed by atoms with Gasteiger partial charge in [0.1, 0.15) is 5.67 Å². The molecule has 1 atom stereocenters.